The molecule has 1 aliphatic rings. The van der Waals surface area contributed by atoms with Crippen LogP contribution < -0.4 is 5.73 Å². The number of nitrogens with zero attached hydrogens (tertiary/aromatic N) is 1. The third kappa shape index (κ3) is 2.27. The number of hydrogen-bond acceptors (Lipinski definition) is 3. The van der Waals surface area contributed by atoms with E-state index in [0.29, 0.717) is 10.5 Å². The number of halogens is 3. The van der Waals surface area contributed by atoms with E-state index in [1.54, 1.807) is 0 Å². The van der Waals surface area contributed by atoms with Crippen LogP contribution >= 0.6 is 15.9 Å². The van der Waals surface area contributed by atoms with Gasteiger partial charge in [-0.3, -0.25) is 14.5 Å². The summed E-state index contributed by atoms with van der Waals surface area (Å²) in [7, 11) is 0. The van der Waals surface area contributed by atoms with Crippen molar-refractivity contribution in [2.75, 3.05) is 5.73 Å². The highest BCUT2D eigenvalue weighted by Gasteiger charge is 2.37. The fraction of sp³-hybridized carbons (Fsp3) is 0.0667. The van der Waals surface area contributed by atoms with E-state index < -0.39 is 23.4 Å². The summed E-state index contributed by atoms with van der Waals surface area (Å²) < 4.78 is 27.2. The van der Waals surface area contributed by atoms with Gasteiger partial charge in [-0.2, -0.15) is 0 Å². The number of carbonyl (C=O) groups excluding carboxylic acids is 2. The molecular weight excluding hydrogens is 358 g/mol. The van der Waals surface area contributed by atoms with Crippen molar-refractivity contribution in [3.8, 4) is 0 Å². The summed E-state index contributed by atoms with van der Waals surface area (Å²) in [6.07, 6.45) is 0. The third-order valence-electron chi connectivity index (χ3n) is 3.41. The van der Waals surface area contributed by atoms with E-state index >= 15 is 0 Å². The molecule has 2 aromatic carbocycles. The van der Waals surface area contributed by atoms with Gasteiger partial charge in [0.15, 0.2) is 0 Å². The van der Waals surface area contributed by atoms with E-state index in [-0.39, 0.29) is 28.9 Å². The van der Waals surface area contributed by atoms with Crippen LogP contribution in [0.1, 0.15) is 26.3 Å². The van der Waals surface area contributed by atoms with Crippen LogP contribution in [0.25, 0.3) is 0 Å². The molecule has 1 heterocycles. The first-order valence-electron chi connectivity index (χ1n) is 6.27. The van der Waals surface area contributed by atoms with Gasteiger partial charge in [0.2, 0.25) is 0 Å². The number of amides is 2. The average molecular weight is 367 g/mol. The van der Waals surface area contributed by atoms with Gasteiger partial charge in [0, 0.05) is 21.8 Å². The summed E-state index contributed by atoms with van der Waals surface area (Å²) in [5, 5.41) is 0. The van der Waals surface area contributed by atoms with Crippen molar-refractivity contribution in [2.45, 2.75) is 6.54 Å². The second-order valence-corrected chi connectivity index (χ2v) is 5.77. The largest absolute Gasteiger partial charge is 0.398 e. The van der Waals surface area contributed by atoms with Crippen molar-refractivity contribution in [3.05, 3.63) is 63.1 Å². The van der Waals surface area contributed by atoms with Crippen LogP contribution in [0.5, 0.6) is 0 Å². The zero-order valence-electron chi connectivity index (χ0n) is 11.1. The lowest BCUT2D eigenvalue weighted by atomic mass is 10.1. The van der Waals surface area contributed by atoms with E-state index in [1.807, 2.05) is 0 Å². The summed E-state index contributed by atoms with van der Waals surface area (Å²) in [5.41, 5.74) is 6.27. The Bertz CT molecular complexity index is 823. The van der Waals surface area contributed by atoms with Gasteiger partial charge in [0.25, 0.3) is 11.8 Å². The second kappa shape index (κ2) is 5.17. The Morgan fingerprint density at radius 1 is 1.09 bits per heavy atom. The van der Waals surface area contributed by atoms with Crippen molar-refractivity contribution >= 4 is 33.4 Å². The fourth-order valence-corrected chi connectivity index (χ4v) is 2.85. The predicted octanol–water partition coefficient (Wildman–Crippen LogP) is 3.11. The van der Waals surface area contributed by atoms with Crippen molar-refractivity contribution in [1.29, 1.82) is 0 Å². The highest BCUT2D eigenvalue weighted by atomic mass is 79.9. The van der Waals surface area contributed by atoms with E-state index in [4.69, 9.17) is 5.73 Å². The van der Waals surface area contributed by atoms with Crippen molar-refractivity contribution in [1.82, 2.24) is 4.90 Å². The maximum atomic E-state index is 13.7. The van der Waals surface area contributed by atoms with Crippen LogP contribution in [0.15, 0.2) is 34.8 Å². The lowest BCUT2D eigenvalue weighted by molar-refractivity contribution is 0.0641. The molecule has 112 valence electrons. The maximum absolute atomic E-state index is 13.7. The molecule has 0 aromatic heterocycles. The van der Waals surface area contributed by atoms with Crippen molar-refractivity contribution < 1.29 is 18.4 Å². The molecule has 2 aromatic rings. The van der Waals surface area contributed by atoms with Gasteiger partial charge in [-0.1, -0.05) is 22.0 Å². The van der Waals surface area contributed by atoms with Gasteiger partial charge in [0.05, 0.1) is 17.7 Å². The lowest BCUT2D eigenvalue weighted by Crippen LogP contribution is -2.29. The van der Waals surface area contributed by atoms with Gasteiger partial charge < -0.3 is 5.73 Å². The average Bonchev–Trinajstić information content (AvgIpc) is 2.66. The number of nitrogens with two attached hydrogens (primary N) is 1. The number of benzene rings is 2. The summed E-state index contributed by atoms with van der Waals surface area (Å²) in [5.74, 6) is -2.69. The Labute approximate surface area is 132 Å². The van der Waals surface area contributed by atoms with Gasteiger partial charge >= 0.3 is 0 Å². The van der Waals surface area contributed by atoms with E-state index in [9.17, 15) is 18.4 Å². The molecule has 0 saturated heterocycles. The first kappa shape index (κ1) is 14.6. The zero-order chi connectivity index (χ0) is 16.0. The molecule has 0 spiro atoms. The topological polar surface area (TPSA) is 63.4 Å². The van der Waals surface area contributed by atoms with Gasteiger partial charge in [-0.25, -0.2) is 8.78 Å². The molecule has 0 radical (unpaired) electrons. The summed E-state index contributed by atoms with van der Waals surface area (Å²) in [6, 6.07) is 5.99. The van der Waals surface area contributed by atoms with Crippen LogP contribution in [0.3, 0.4) is 0 Å². The second-order valence-electron chi connectivity index (χ2n) is 4.85. The van der Waals surface area contributed by atoms with Crippen molar-refractivity contribution in [3.63, 3.8) is 0 Å². The van der Waals surface area contributed by atoms with E-state index in [2.05, 4.69) is 15.9 Å². The number of nitrogen functional groups attached to an aromatic ring is 1. The lowest BCUT2D eigenvalue weighted by Gasteiger charge is -2.14. The normalized spacial score (nSPS) is 13.7. The summed E-state index contributed by atoms with van der Waals surface area (Å²) in [4.78, 5) is 25.6. The number of fused-ring (bicyclic) bond motifs is 1. The molecule has 3 rings (SSSR count). The van der Waals surface area contributed by atoms with Gasteiger partial charge in [0.1, 0.15) is 11.6 Å². The molecule has 2 N–H and O–H groups in total. The first-order chi connectivity index (χ1) is 10.4. The molecule has 0 unspecified atom stereocenters. The summed E-state index contributed by atoms with van der Waals surface area (Å²) >= 11 is 3.21. The Kier molecular flexibility index (Phi) is 3.44. The zero-order valence-corrected chi connectivity index (χ0v) is 12.7. The molecule has 7 heteroatoms. The third-order valence-corrected chi connectivity index (χ3v) is 3.87. The first-order valence-corrected chi connectivity index (χ1v) is 7.07. The smallest absolute Gasteiger partial charge is 0.263 e. The Balaban J connectivity index is 1.99. The minimum Gasteiger partial charge on any atom is -0.398 e. The number of imide groups is 1. The number of anilines is 1. The highest BCUT2D eigenvalue weighted by molar-refractivity contribution is 9.10. The van der Waals surface area contributed by atoms with Gasteiger partial charge in [-0.05, 0) is 18.2 Å². The predicted molar refractivity (Wildman–Crippen MR) is 79.1 cm³/mol. The molecule has 22 heavy (non-hydrogen) atoms. The van der Waals surface area contributed by atoms with Crippen LogP contribution in [0, 0.1) is 11.6 Å². The summed E-state index contributed by atoms with van der Waals surface area (Å²) in [6.45, 7) is -0.282. The standard InChI is InChI=1S/C15H9BrF2N2O2/c16-8-3-10-13(12(19)4-8)15(22)20(14(10)21)6-7-1-2-9(17)5-11(7)18/h1-5H,6,19H2. The van der Waals surface area contributed by atoms with Crippen molar-refractivity contribution in [2.24, 2.45) is 0 Å². The van der Waals surface area contributed by atoms with Crippen LogP contribution in [0.4, 0.5) is 14.5 Å². The molecule has 2 amide bonds. The van der Waals surface area contributed by atoms with Gasteiger partial charge in [-0.15, -0.1) is 0 Å². The Hall–Kier alpha value is -2.28. The highest BCUT2D eigenvalue weighted by Crippen LogP contribution is 2.32. The SMILES string of the molecule is Nc1cc(Br)cc2c1C(=O)N(Cc1ccc(F)cc1F)C2=O. The number of hydrogen-bond donors (Lipinski definition) is 1. The number of rotatable bonds is 2. The monoisotopic (exact) mass is 366 g/mol. The van der Waals surface area contributed by atoms with Crippen LogP contribution in [-0.4, -0.2) is 16.7 Å². The molecule has 1 aliphatic heterocycles. The molecule has 0 bridgehead atoms. The minimum atomic E-state index is -0.814. The number of carbonyl (C=O) groups is 2. The Morgan fingerprint density at radius 2 is 1.82 bits per heavy atom. The molecule has 0 aliphatic carbocycles. The van der Waals surface area contributed by atoms with Crippen LogP contribution in [-0.2, 0) is 6.54 Å². The van der Waals surface area contributed by atoms with E-state index in [0.717, 1.165) is 11.0 Å². The fourth-order valence-electron chi connectivity index (χ4n) is 2.37. The molecule has 4 nitrogen and oxygen atoms in total. The maximum Gasteiger partial charge on any atom is 0.263 e. The molecule has 0 fully saturated rings. The molecule has 0 saturated carbocycles. The molecular formula is C15H9BrF2N2O2. The minimum absolute atomic E-state index is 0.0496. The van der Waals surface area contributed by atoms with E-state index in [1.165, 1.54) is 18.2 Å². The quantitative estimate of drug-likeness (QED) is 0.656. The Morgan fingerprint density at radius 3 is 2.50 bits per heavy atom. The van der Waals surface area contributed by atoms with Crippen LogP contribution in [0.2, 0.25) is 0 Å². The molecule has 0 atom stereocenters.